The average Bonchev–Trinajstić information content (AvgIpc) is 2.58. The number of likely N-dealkylation sites (tertiary alicyclic amines) is 1. The van der Waals surface area contributed by atoms with Crippen molar-refractivity contribution in [2.45, 2.75) is 57.0 Å². The number of piperidine rings is 1. The summed E-state index contributed by atoms with van der Waals surface area (Å²) in [5, 5.41) is 2.60. The van der Waals surface area contributed by atoms with Crippen LogP contribution in [0.1, 0.15) is 46.5 Å². The molecule has 0 bridgehead atoms. The van der Waals surface area contributed by atoms with E-state index in [9.17, 15) is 22.4 Å². The van der Waals surface area contributed by atoms with Crippen molar-refractivity contribution in [1.82, 2.24) is 4.90 Å². The zero-order valence-electron chi connectivity index (χ0n) is 17.3. The van der Waals surface area contributed by atoms with Gasteiger partial charge in [-0.1, -0.05) is 0 Å². The van der Waals surface area contributed by atoms with Crippen molar-refractivity contribution in [2.75, 3.05) is 24.7 Å². The van der Waals surface area contributed by atoms with Crippen molar-refractivity contribution in [2.24, 2.45) is 5.92 Å². The number of hydrogen-bond acceptors (Lipinski definition) is 5. The summed E-state index contributed by atoms with van der Waals surface area (Å²) in [6.45, 7) is 6.68. The first-order valence-electron chi connectivity index (χ1n) is 9.62. The first-order valence-corrected chi connectivity index (χ1v) is 11.5. The lowest BCUT2D eigenvalue weighted by Crippen LogP contribution is -2.41. The normalized spacial score (nSPS) is 15.8. The third-order valence-electron chi connectivity index (χ3n) is 4.66. The fourth-order valence-corrected chi connectivity index (χ4v) is 3.90. The average molecular weight is 429 g/mol. The van der Waals surface area contributed by atoms with Gasteiger partial charge in [-0.15, -0.1) is 0 Å². The van der Waals surface area contributed by atoms with Gasteiger partial charge in [-0.2, -0.15) is 0 Å². The van der Waals surface area contributed by atoms with Crippen molar-refractivity contribution in [3.8, 4) is 0 Å². The van der Waals surface area contributed by atoms with Crippen LogP contribution in [0.5, 0.6) is 0 Å². The van der Waals surface area contributed by atoms with Crippen LogP contribution in [0.25, 0.3) is 0 Å². The van der Waals surface area contributed by atoms with E-state index in [4.69, 9.17) is 4.74 Å². The SMILES string of the molecule is CC(C)(C)OC(=O)N1CCC(CCC(=O)Nc2ccc(S(C)(=O)=O)c(F)c2)CC1. The summed E-state index contributed by atoms with van der Waals surface area (Å²) >= 11 is 0. The lowest BCUT2D eigenvalue weighted by Gasteiger charge is -2.33. The van der Waals surface area contributed by atoms with E-state index in [-0.39, 0.29) is 24.1 Å². The maximum atomic E-state index is 13.9. The van der Waals surface area contributed by atoms with Gasteiger partial charge in [0.15, 0.2) is 9.84 Å². The Bertz CT molecular complexity index is 856. The van der Waals surface area contributed by atoms with E-state index in [1.807, 2.05) is 20.8 Å². The minimum absolute atomic E-state index is 0.222. The summed E-state index contributed by atoms with van der Waals surface area (Å²) in [5.74, 6) is -0.824. The van der Waals surface area contributed by atoms with E-state index in [1.54, 1.807) is 4.90 Å². The Morgan fingerprint density at radius 3 is 2.38 bits per heavy atom. The zero-order chi connectivity index (χ0) is 21.8. The Balaban J connectivity index is 1.78. The second-order valence-corrected chi connectivity index (χ2v) is 10.4. The monoisotopic (exact) mass is 428 g/mol. The van der Waals surface area contributed by atoms with Crippen LogP contribution in [-0.2, 0) is 19.4 Å². The molecule has 0 saturated carbocycles. The van der Waals surface area contributed by atoms with E-state index in [2.05, 4.69) is 5.32 Å². The van der Waals surface area contributed by atoms with Crippen molar-refractivity contribution >= 4 is 27.5 Å². The second-order valence-electron chi connectivity index (χ2n) is 8.41. The number of anilines is 1. The highest BCUT2D eigenvalue weighted by Gasteiger charge is 2.27. The van der Waals surface area contributed by atoms with Crippen LogP contribution in [0, 0.1) is 11.7 Å². The Morgan fingerprint density at radius 2 is 1.86 bits per heavy atom. The van der Waals surface area contributed by atoms with Gasteiger partial charge in [-0.3, -0.25) is 4.79 Å². The van der Waals surface area contributed by atoms with E-state index < -0.39 is 26.2 Å². The Morgan fingerprint density at radius 1 is 1.24 bits per heavy atom. The van der Waals surface area contributed by atoms with E-state index in [0.717, 1.165) is 31.2 Å². The van der Waals surface area contributed by atoms with Crippen LogP contribution in [0.15, 0.2) is 23.1 Å². The van der Waals surface area contributed by atoms with Crippen molar-refractivity contribution < 1.29 is 27.1 Å². The number of hydrogen-bond donors (Lipinski definition) is 1. The number of carbonyl (C=O) groups excluding carboxylic acids is 2. The number of rotatable bonds is 5. The minimum Gasteiger partial charge on any atom is -0.444 e. The van der Waals surface area contributed by atoms with Gasteiger partial charge in [0, 0.05) is 31.5 Å². The number of benzene rings is 1. The summed E-state index contributed by atoms with van der Waals surface area (Å²) in [7, 11) is -3.65. The van der Waals surface area contributed by atoms with Crippen LogP contribution in [-0.4, -0.2) is 50.3 Å². The molecule has 0 aliphatic carbocycles. The van der Waals surface area contributed by atoms with Crippen LogP contribution in [0.3, 0.4) is 0 Å². The number of halogens is 1. The molecule has 1 aromatic rings. The summed E-state index contributed by atoms with van der Waals surface area (Å²) < 4.78 is 42.2. The van der Waals surface area contributed by atoms with E-state index in [1.165, 1.54) is 6.07 Å². The number of carbonyl (C=O) groups is 2. The van der Waals surface area contributed by atoms with Gasteiger partial charge in [0.25, 0.3) is 0 Å². The van der Waals surface area contributed by atoms with E-state index in [0.29, 0.717) is 25.4 Å². The lowest BCUT2D eigenvalue weighted by molar-refractivity contribution is -0.116. The van der Waals surface area contributed by atoms with Gasteiger partial charge >= 0.3 is 6.09 Å². The largest absolute Gasteiger partial charge is 0.444 e. The fraction of sp³-hybridized carbons (Fsp3) is 0.600. The molecule has 1 N–H and O–H groups in total. The predicted molar refractivity (Wildman–Crippen MR) is 108 cm³/mol. The fourth-order valence-electron chi connectivity index (χ4n) is 3.17. The summed E-state index contributed by atoms with van der Waals surface area (Å²) in [5.41, 5.74) is -0.301. The molecule has 1 saturated heterocycles. The Kier molecular flexibility index (Phi) is 7.26. The molecule has 9 heteroatoms. The molecule has 29 heavy (non-hydrogen) atoms. The maximum Gasteiger partial charge on any atom is 0.410 e. The van der Waals surface area contributed by atoms with Crippen molar-refractivity contribution in [3.63, 3.8) is 0 Å². The number of sulfone groups is 1. The molecule has 1 aliphatic rings. The molecule has 162 valence electrons. The van der Waals surface area contributed by atoms with Gasteiger partial charge in [0.1, 0.15) is 16.3 Å². The maximum absolute atomic E-state index is 13.9. The van der Waals surface area contributed by atoms with Crippen LogP contribution in [0.2, 0.25) is 0 Å². The molecule has 0 unspecified atom stereocenters. The van der Waals surface area contributed by atoms with Gasteiger partial charge in [0.05, 0.1) is 0 Å². The molecule has 0 atom stereocenters. The Labute approximate surface area is 171 Å². The molecular formula is C20H29FN2O5S. The zero-order valence-corrected chi connectivity index (χ0v) is 18.1. The number of amides is 2. The highest BCUT2D eigenvalue weighted by molar-refractivity contribution is 7.90. The molecule has 1 aliphatic heterocycles. The lowest BCUT2D eigenvalue weighted by atomic mass is 9.92. The summed E-state index contributed by atoms with van der Waals surface area (Å²) in [6, 6.07) is 3.52. The van der Waals surface area contributed by atoms with Gasteiger partial charge in [0.2, 0.25) is 5.91 Å². The molecule has 0 aromatic heterocycles. The number of nitrogens with zero attached hydrogens (tertiary/aromatic N) is 1. The van der Waals surface area contributed by atoms with Crippen molar-refractivity contribution in [1.29, 1.82) is 0 Å². The third kappa shape index (κ3) is 7.30. The number of nitrogens with one attached hydrogen (secondary N) is 1. The molecule has 0 radical (unpaired) electrons. The Hall–Kier alpha value is -2.16. The second kappa shape index (κ2) is 9.11. The molecular weight excluding hydrogens is 399 g/mol. The van der Waals surface area contributed by atoms with E-state index >= 15 is 0 Å². The molecule has 7 nitrogen and oxygen atoms in total. The van der Waals surface area contributed by atoms with Crippen molar-refractivity contribution in [3.05, 3.63) is 24.0 Å². The molecule has 2 rings (SSSR count). The smallest absolute Gasteiger partial charge is 0.410 e. The molecule has 0 spiro atoms. The highest BCUT2D eigenvalue weighted by atomic mass is 32.2. The van der Waals surface area contributed by atoms with Gasteiger partial charge in [-0.25, -0.2) is 17.6 Å². The first kappa shape index (κ1) is 23.1. The summed E-state index contributed by atoms with van der Waals surface area (Å²) in [6.07, 6.45) is 3.14. The van der Waals surface area contributed by atoms with Crippen LogP contribution in [0.4, 0.5) is 14.9 Å². The van der Waals surface area contributed by atoms with Crippen LogP contribution < -0.4 is 5.32 Å². The quantitative estimate of drug-likeness (QED) is 0.774. The molecule has 1 aromatic carbocycles. The van der Waals surface area contributed by atoms with Gasteiger partial charge in [-0.05, 0) is 64.2 Å². The molecule has 2 amide bonds. The minimum atomic E-state index is -3.65. The molecule has 1 heterocycles. The number of ether oxygens (including phenoxy) is 1. The topological polar surface area (TPSA) is 92.8 Å². The first-order chi connectivity index (χ1) is 13.3. The third-order valence-corrected chi connectivity index (χ3v) is 5.79. The summed E-state index contributed by atoms with van der Waals surface area (Å²) in [4.78, 5) is 25.5. The standard InChI is InChI=1S/C20H29FN2O5S/c1-20(2,3)28-19(25)23-11-9-14(10-12-23)5-8-18(24)22-15-6-7-17(16(21)13-15)29(4,26)27/h6-7,13-14H,5,8-12H2,1-4H3,(H,22,24). The van der Waals surface area contributed by atoms with Gasteiger partial charge < -0.3 is 15.0 Å². The highest BCUT2D eigenvalue weighted by Crippen LogP contribution is 2.24. The predicted octanol–water partition coefficient (Wildman–Crippen LogP) is 3.60. The molecule has 1 fully saturated rings. The van der Waals surface area contributed by atoms with Crippen LogP contribution >= 0.6 is 0 Å².